The number of ether oxygens (including phenoxy) is 1. The van der Waals surface area contributed by atoms with E-state index < -0.39 is 0 Å². The molecule has 1 aromatic heterocycles. The van der Waals surface area contributed by atoms with Gasteiger partial charge in [0.05, 0.1) is 12.8 Å². The van der Waals surface area contributed by atoms with E-state index >= 15 is 0 Å². The van der Waals surface area contributed by atoms with Crippen LogP contribution in [0.2, 0.25) is 0 Å². The molecule has 0 unspecified atom stereocenters. The lowest BCUT2D eigenvalue weighted by Gasteiger charge is -2.11. The van der Waals surface area contributed by atoms with Gasteiger partial charge in [-0.15, -0.1) is 0 Å². The smallest absolute Gasteiger partial charge is 0.250 e. The van der Waals surface area contributed by atoms with Crippen LogP contribution in [0.5, 0.6) is 5.75 Å². The molecule has 0 radical (unpaired) electrons. The van der Waals surface area contributed by atoms with Crippen LogP contribution in [0.25, 0.3) is 0 Å². The van der Waals surface area contributed by atoms with Crippen molar-refractivity contribution in [1.29, 1.82) is 0 Å². The number of carbonyl (C=O) groups is 1. The highest BCUT2D eigenvalue weighted by molar-refractivity contribution is 5.92. The SMILES string of the molecule is COc1ccc(C)cc1NC(=O)Cn1ccccc1=O. The summed E-state index contributed by atoms with van der Waals surface area (Å²) in [4.78, 5) is 23.5. The van der Waals surface area contributed by atoms with Crippen molar-refractivity contribution in [3.8, 4) is 5.75 Å². The Morgan fingerprint density at radius 1 is 1.30 bits per heavy atom. The van der Waals surface area contributed by atoms with E-state index in [2.05, 4.69) is 5.32 Å². The zero-order chi connectivity index (χ0) is 14.5. The summed E-state index contributed by atoms with van der Waals surface area (Å²) in [5.74, 6) is 0.312. The van der Waals surface area contributed by atoms with Crippen molar-refractivity contribution in [2.75, 3.05) is 12.4 Å². The summed E-state index contributed by atoms with van der Waals surface area (Å²) in [5.41, 5.74) is 1.40. The van der Waals surface area contributed by atoms with Crippen LogP contribution < -0.4 is 15.6 Å². The fourth-order valence-corrected chi connectivity index (χ4v) is 1.86. The Bertz CT molecular complexity index is 677. The number of nitrogens with zero attached hydrogens (tertiary/aromatic N) is 1. The zero-order valence-corrected chi connectivity index (χ0v) is 11.4. The van der Waals surface area contributed by atoms with Crippen LogP contribution in [-0.4, -0.2) is 17.6 Å². The van der Waals surface area contributed by atoms with Crippen molar-refractivity contribution >= 4 is 11.6 Å². The molecule has 0 aliphatic rings. The monoisotopic (exact) mass is 272 g/mol. The molecule has 0 saturated heterocycles. The molecule has 1 aromatic carbocycles. The maximum absolute atomic E-state index is 12.0. The molecule has 0 fully saturated rings. The van der Waals surface area contributed by atoms with Gasteiger partial charge < -0.3 is 14.6 Å². The molecule has 5 heteroatoms. The Morgan fingerprint density at radius 2 is 2.10 bits per heavy atom. The molecule has 5 nitrogen and oxygen atoms in total. The molecule has 0 aliphatic heterocycles. The third kappa shape index (κ3) is 3.26. The number of hydrogen-bond donors (Lipinski definition) is 1. The van der Waals surface area contributed by atoms with Gasteiger partial charge in [-0.3, -0.25) is 9.59 Å². The third-order valence-electron chi connectivity index (χ3n) is 2.84. The van der Waals surface area contributed by atoms with Crippen LogP contribution in [0.1, 0.15) is 5.56 Å². The molecular weight excluding hydrogens is 256 g/mol. The number of methoxy groups -OCH3 is 1. The summed E-state index contributed by atoms with van der Waals surface area (Å²) in [6.07, 6.45) is 1.58. The van der Waals surface area contributed by atoms with Crippen LogP contribution in [0.3, 0.4) is 0 Å². The Morgan fingerprint density at radius 3 is 2.80 bits per heavy atom. The second-order valence-electron chi connectivity index (χ2n) is 4.42. The molecule has 0 aliphatic carbocycles. The number of benzene rings is 1. The highest BCUT2D eigenvalue weighted by Crippen LogP contribution is 2.25. The molecule has 1 N–H and O–H groups in total. The quantitative estimate of drug-likeness (QED) is 0.923. The molecule has 0 saturated carbocycles. The number of hydrogen-bond acceptors (Lipinski definition) is 3. The highest BCUT2D eigenvalue weighted by atomic mass is 16.5. The Balaban J connectivity index is 2.14. The summed E-state index contributed by atoms with van der Waals surface area (Å²) >= 11 is 0. The Kier molecular flexibility index (Phi) is 4.20. The molecule has 104 valence electrons. The van der Waals surface area contributed by atoms with Gasteiger partial charge in [0, 0.05) is 12.3 Å². The number of nitrogens with one attached hydrogen (secondary N) is 1. The minimum Gasteiger partial charge on any atom is -0.495 e. The fourth-order valence-electron chi connectivity index (χ4n) is 1.86. The average Bonchev–Trinajstić information content (AvgIpc) is 2.41. The topological polar surface area (TPSA) is 60.3 Å². The third-order valence-corrected chi connectivity index (χ3v) is 2.84. The van der Waals surface area contributed by atoms with E-state index in [1.165, 1.54) is 10.6 Å². The van der Waals surface area contributed by atoms with Gasteiger partial charge in [-0.25, -0.2) is 0 Å². The van der Waals surface area contributed by atoms with E-state index in [0.717, 1.165) is 5.56 Å². The molecule has 2 aromatic rings. The second kappa shape index (κ2) is 6.06. The van der Waals surface area contributed by atoms with Crippen LogP contribution in [0, 0.1) is 6.92 Å². The van der Waals surface area contributed by atoms with E-state index in [1.807, 2.05) is 19.1 Å². The van der Waals surface area contributed by atoms with E-state index in [0.29, 0.717) is 11.4 Å². The highest BCUT2D eigenvalue weighted by Gasteiger charge is 2.08. The van der Waals surface area contributed by atoms with E-state index in [4.69, 9.17) is 4.74 Å². The summed E-state index contributed by atoms with van der Waals surface area (Å²) in [5, 5.41) is 2.75. The van der Waals surface area contributed by atoms with Gasteiger partial charge in [-0.1, -0.05) is 12.1 Å². The molecule has 0 bridgehead atoms. The predicted molar refractivity (Wildman–Crippen MR) is 77.1 cm³/mol. The Hall–Kier alpha value is -2.56. The second-order valence-corrected chi connectivity index (χ2v) is 4.42. The van der Waals surface area contributed by atoms with E-state index in [-0.39, 0.29) is 18.0 Å². The molecule has 1 amide bonds. The summed E-state index contributed by atoms with van der Waals surface area (Å²) < 4.78 is 6.54. The van der Waals surface area contributed by atoms with E-state index in [1.54, 1.807) is 31.5 Å². The van der Waals surface area contributed by atoms with Crippen LogP contribution in [0.4, 0.5) is 5.69 Å². The van der Waals surface area contributed by atoms with Crippen molar-refractivity contribution in [2.45, 2.75) is 13.5 Å². The van der Waals surface area contributed by atoms with Gasteiger partial charge >= 0.3 is 0 Å². The number of amides is 1. The van der Waals surface area contributed by atoms with Crippen LogP contribution >= 0.6 is 0 Å². The molecular formula is C15H16N2O3. The van der Waals surface area contributed by atoms with Gasteiger partial charge in [0.1, 0.15) is 12.3 Å². The maximum Gasteiger partial charge on any atom is 0.250 e. The largest absolute Gasteiger partial charge is 0.495 e. The molecule has 0 spiro atoms. The van der Waals surface area contributed by atoms with Gasteiger partial charge in [0.25, 0.3) is 5.56 Å². The summed E-state index contributed by atoms with van der Waals surface area (Å²) in [6.45, 7) is 1.90. The molecule has 0 atom stereocenters. The van der Waals surface area contributed by atoms with Crippen molar-refractivity contribution in [1.82, 2.24) is 4.57 Å². The Labute approximate surface area is 116 Å². The number of aryl methyl sites for hydroxylation is 1. The van der Waals surface area contributed by atoms with Crippen LogP contribution in [-0.2, 0) is 11.3 Å². The minimum absolute atomic E-state index is 0.0310. The number of rotatable bonds is 4. The normalized spacial score (nSPS) is 10.1. The first-order valence-electron chi connectivity index (χ1n) is 6.20. The molecule has 2 rings (SSSR count). The molecule has 1 heterocycles. The number of anilines is 1. The maximum atomic E-state index is 12.0. The summed E-state index contributed by atoms with van der Waals surface area (Å²) in [7, 11) is 1.54. The first-order valence-corrected chi connectivity index (χ1v) is 6.20. The lowest BCUT2D eigenvalue weighted by Crippen LogP contribution is -2.26. The first kappa shape index (κ1) is 13.9. The van der Waals surface area contributed by atoms with Gasteiger partial charge in [-0.2, -0.15) is 0 Å². The van der Waals surface area contributed by atoms with Crippen LogP contribution in [0.15, 0.2) is 47.4 Å². The lowest BCUT2D eigenvalue weighted by molar-refractivity contribution is -0.116. The molecule has 20 heavy (non-hydrogen) atoms. The standard InChI is InChI=1S/C15H16N2O3/c1-11-6-7-13(20-2)12(9-11)16-14(18)10-17-8-4-3-5-15(17)19/h3-9H,10H2,1-2H3,(H,16,18). The number of carbonyl (C=O) groups excluding carboxylic acids is 1. The number of aromatic nitrogens is 1. The van der Waals surface area contributed by atoms with E-state index in [9.17, 15) is 9.59 Å². The van der Waals surface area contributed by atoms with Crippen molar-refractivity contribution in [2.24, 2.45) is 0 Å². The van der Waals surface area contributed by atoms with Gasteiger partial charge in [0.2, 0.25) is 5.91 Å². The lowest BCUT2D eigenvalue weighted by atomic mass is 10.2. The number of pyridine rings is 1. The minimum atomic E-state index is -0.276. The summed E-state index contributed by atoms with van der Waals surface area (Å²) in [6, 6.07) is 10.3. The van der Waals surface area contributed by atoms with Gasteiger partial charge in [-0.05, 0) is 30.7 Å². The average molecular weight is 272 g/mol. The predicted octanol–water partition coefficient (Wildman–Crippen LogP) is 1.80. The van der Waals surface area contributed by atoms with Crippen molar-refractivity contribution in [3.05, 3.63) is 58.5 Å². The van der Waals surface area contributed by atoms with Crippen molar-refractivity contribution < 1.29 is 9.53 Å². The first-order chi connectivity index (χ1) is 9.60. The fraction of sp³-hybridized carbons (Fsp3) is 0.200. The van der Waals surface area contributed by atoms with Crippen molar-refractivity contribution in [3.63, 3.8) is 0 Å². The zero-order valence-electron chi connectivity index (χ0n) is 11.4. The van der Waals surface area contributed by atoms with Gasteiger partial charge in [0.15, 0.2) is 0 Å².